The number of hydrazine groups is 1. The summed E-state index contributed by atoms with van der Waals surface area (Å²) in [7, 11) is 0. The van der Waals surface area contributed by atoms with Gasteiger partial charge in [0.05, 0.1) is 0 Å². The van der Waals surface area contributed by atoms with Gasteiger partial charge in [-0.15, -0.1) is 0 Å². The number of nitrogens with one attached hydrogen (secondary N) is 3. The highest BCUT2D eigenvalue weighted by Crippen LogP contribution is 1.69. The van der Waals surface area contributed by atoms with Crippen molar-refractivity contribution in [3.05, 3.63) is 0 Å². The molecule has 0 atom stereocenters. The molecule has 0 saturated carbocycles. The summed E-state index contributed by atoms with van der Waals surface area (Å²) in [5, 5.41) is 3.70. The zero-order chi connectivity index (χ0) is 7.82. The maximum atomic E-state index is 4.90. The first-order valence-corrected chi connectivity index (χ1v) is 3.98. The Bertz CT molecular complexity index is 85.0. The number of thiocarbonyl (C=S) groups is 1. The van der Waals surface area contributed by atoms with Crippen molar-refractivity contribution in [3.8, 4) is 0 Å². The van der Waals surface area contributed by atoms with Gasteiger partial charge >= 0.3 is 0 Å². The summed E-state index contributed by atoms with van der Waals surface area (Å²) < 4.78 is 0. The van der Waals surface area contributed by atoms with E-state index in [1.54, 1.807) is 0 Å². The third-order valence-electron chi connectivity index (χ3n) is 0.914. The number of rotatable bonds is 4. The maximum absolute atomic E-state index is 4.90. The normalized spacial score (nSPS) is 9.00. The fourth-order valence-corrected chi connectivity index (χ4v) is 0.626. The molecule has 3 N–H and O–H groups in total. The zero-order valence-electron chi connectivity index (χ0n) is 6.53. The second-order valence-electron chi connectivity index (χ2n) is 1.91. The summed E-state index contributed by atoms with van der Waals surface area (Å²) in [4.78, 5) is 0. The van der Waals surface area contributed by atoms with Gasteiger partial charge in [0.2, 0.25) is 0 Å². The van der Waals surface area contributed by atoms with E-state index in [4.69, 9.17) is 12.2 Å². The summed E-state index contributed by atoms with van der Waals surface area (Å²) in [6.45, 7) is 5.91. The Kier molecular flexibility index (Phi) is 6.53. The van der Waals surface area contributed by atoms with Crippen LogP contribution in [0.1, 0.15) is 20.3 Å². The highest BCUT2D eigenvalue weighted by Gasteiger charge is 1.88. The van der Waals surface area contributed by atoms with Crippen molar-refractivity contribution >= 4 is 17.3 Å². The van der Waals surface area contributed by atoms with Crippen molar-refractivity contribution in [3.63, 3.8) is 0 Å². The van der Waals surface area contributed by atoms with E-state index in [1.807, 2.05) is 6.92 Å². The summed E-state index contributed by atoms with van der Waals surface area (Å²) in [5.41, 5.74) is 5.74. The van der Waals surface area contributed by atoms with Gasteiger partial charge in [0, 0.05) is 13.1 Å². The van der Waals surface area contributed by atoms with Crippen molar-refractivity contribution in [2.24, 2.45) is 0 Å². The zero-order valence-corrected chi connectivity index (χ0v) is 7.35. The number of hydrogen-bond acceptors (Lipinski definition) is 2. The summed E-state index contributed by atoms with van der Waals surface area (Å²) >= 11 is 4.90. The molecule has 3 nitrogen and oxygen atoms in total. The van der Waals surface area contributed by atoms with Crippen LogP contribution < -0.4 is 16.2 Å². The first-order valence-electron chi connectivity index (χ1n) is 3.58. The van der Waals surface area contributed by atoms with Gasteiger partial charge in [0.1, 0.15) is 0 Å². The van der Waals surface area contributed by atoms with Crippen LogP contribution in [0.2, 0.25) is 0 Å². The summed E-state index contributed by atoms with van der Waals surface area (Å²) in [6, 6.07) is 0. The van der Waals surface area contributed by atoms with Crippen LogP contribution in [-0.2, 0) is 0 Å². The lowest BCUT2D eigenvalue weighted by molar-refractivity contribution is 0.667. The lowest BCUT2D eigenvalue weighted by Gasteiger charge is -2.08. The van der Waals surface area contributed by atoms with Gasteiger partial charge in [-0.2, -0.15) is 0 Å². The molecule has 0 aromatic rings. The van der Waals surface area contributed by atoms with Gasteiger partial charge in [0.15, 0.2) is 5.11 Å². The van der Waals surface area contributed by atoms with E-state index >= 15 is 0 Å². The summed E-state index contributed by atoms with van der Waals surface area (Å²) in [6.07, 6.45) is 1.09. The molecule has 4 heteroatoms. The molecule has 0 rings (SSSR count). The molecule has 0 aliphatic carbocycles. The van der Waals surface area contributed by atoms with Crippen LogP contribution in [0.4, 0.5) is 0 Å². The Balaban J connectivity index is 3.09. The highest BCUT2D eigenvalue weighted by atomic mass is 32.1. The van der Waals surface area contributed by atoms with E-state index in [0.29, 0.717) is 5.11 Å². The lowest BCUT2D eigenvalue weighted by Crippen LogP contribution is -2.43. The van der Waals surface area contributed by atoms with Crippen LogP contribution in [0.5, 0.6) is 0 Å². The van der Waals surface area contributed by atoms with Crippen LogP contribution in [0, 0.1) is 0 Å². The second-order valence-corrected chi connectivity index (χ2v) is 2.32. The van der Waals surface area contributed by atoms with Crippen molar-refractivity contribution in [2.75, 3.05) is 13.1 Å². The molecule has 0 unspecified atom stereocenters. The topological polar surface area (TPSA) is 36.1 Å². The van der Waals surface area contributed by atoms with Gasteiger partial charge in [-0.3, -0.25) is 5.43 Å². The van der Waals surface area contributed by atoms with Crippen LogP contribution in [0.15, 0.2) is 0 Å². The molecule has 0 aliphatic rings. The monoisotopic (exact) mass is 161 g/mol. The highest BCUT2D eigenvalue weighted by molar-refractivity contribution is 7.80. The molecule has 0 aromatic carbocycles. The van der Waals surface area contributed by atoms with Gasteiger partial charge < -0.3 is 5.32 Å². The second kappa shape index (κ2) is 6.77. The Hall–Kier alpha value is -0.350. The van der Waals surface area contributed by atoms with E-state index < -0.39 is 0 Å². The molecule has 60 valence electrons. The molecule has 0 aromatic heterocycles. The maximum Gasteiger partial charge on any atom is 0.180 e. The van der Waals surface area contributed by atoms with Crippen molar-refractivity contribution in [1.82, 2.24) is 16.2 Å². The smallest absolute Gasteiger partial charge is 0.180 e. The van der Waals surface area contributed by atoms with Crippen molar-refractivity contribution < 1.29 is 0 Å². The fraction of sp³-hybridized carbons (Fsp3) is 0.833. The van der Waals surface area contributed by atoms with Gasteiger partial charge in [-0.25, -0.2) is 5.43 Å². The SMILES string of the molecule is CCCNC(=S)NNCC. The van der Waals surface area contributed by atoms with E-state index in [1.165, 1.54) is 0 Å². The molecule has 0 fully saturated rings. The van der Waals surface area contributed by atoms with Gasteiger partial charge in [0.25, 0.3) is 0 Å². The standard InChI is InChI=1S/C6H15N3S/c1-3-5-7-6(10)9-8-4-2/h8H,3-5H2,1-2H3,(H2,7,9,10). The van der Waals surface area contributed by atoms with Crippen LogP contribution in [-0.4, -0.2) is 18.2 Å². The van der Waals surface area contributed by atoms with Crippen molar-refractivity contribution in [1.29, 1.82) is 0 Å². The molecule has 0 bridgehead atoms. The van der Waals surface area contributed by atoms with E-state index in [2.05, 4.69) is 23.1 Å². The molecule has 0 spiro atoms. The largest absolute Gasteiger partial charge is 0.362 e. The third-order valence-corrected chi connectivity index (χ3v) is 1.16. The average molecular weight is 161 g/mol. The van der Waals surface area contributed by atoms with E-state index in [0.717, 1.165) is 19.5 Å². The minimum absolute atomic E-state index is 0.670. The molecule has 10 heavy (non-hydrogen) atoms. The molecule has 0 heterocycles. The Morgan fingerprint density at radius 3 is 2.60 bits per heavy atom. The minimum Gasteiger partial charge on any atom is -0.362 e. The Morgan fingerprint density at radius 2 is 2.10 bits per heavy atom. The summed E-state index contributed by atoms with van der Waals surface area (Å²) in [5.74, 6) is 0. The number of hydrogen-bond donors (Lipinski definition) is 3. The first kappa shape index (κ1) is 9.65. The predicted molar refractivity (Wildman–Crippen MR) is 47.7 cm³/mol. The quantitative estimate of drug-likeness (QED) is 0.412. The van der Waals surface area contributed by atoms with E-state index in [9.17, 15) is 0 Å². The molecule has 0 saturated heterocycles. The first-order chi connectivity index (χ1) is 4.81. The molecular formula is C6H15N3S. The fourth-order valence-electron chi connectivity index (χ4n) is 0.451. The molecule has 0 aliphatic heterocycles. The Labute approximate surface area is 67.5 Å². The Morgan fingerprint density at radius 1 is 1.40 bits per heavy atom. The molecule has 0 radical (unpaired) electrons. The van der Waals surface area contributed by atoms with E-state index in [-0.39, 0.29) is 0 Å². The average Bonchev–Trinajstić information content (AvgIpc) is 1.97. The van der Waals surface area contributed by atoms with Crippen LogP contribution >= 0.6 is 12.2 Å². The predicted octanol–water partition coefficient (Wildman–Crippen LogP) is 0.385. The molecule has 0 amide bonds. The van der Waals surface area contributed by atoms with Crippen molar-refractivity contribution in [2.45, 2.75) is 20.3 Å². The van der Waals surface area contributed by atoms with Crippen LogP contribution in [0.3, 0.4) is 0 Å². The van der Waals surface area contributed by atoms with Crippen LogP contribution in [0.25, 0.3) is 0 Å². The van der Waals surface area contributed by atoms with Gasteiger partial charge in [-0.05, 0) is 18.6 Å². The third kappa shape index (κ3) is 5.78. The lowest BCUT2D eigenvalue weighted by atomic mass is 10.5. The molecular weight excluding hydrogens is 146 g/mol. The minimum atomic E-state index is 0.670. The van der Waals surface area contributed by atoms with Gasteiger partial charge in [-0.1, -0.05) is 13.8 Å².